The Labute approximate surface area is 135 Å². The summed E-state index contributed by atoms with van der Waals surface area (Å²) in [6, 6.07) is 6.51. The average Bonchev–Trinajstić information content (AvgIpc) is 3.16. The van der Waals surface area contributed by atoms with Crippen LogP contribution in [0, 0.1) is 0 Å². The fraction of sp³-hybridized carbons (Fsp3) is 0.154. The molecule has 23 heavy (non-hydrogen) atoms. The third kappa shape index (κ3) is 3.23. The third-order valence-electron chi connectivity index (χ3n) is 3.09. The predicted octanol–water partition coefficient (Wildman–Crippen LogP) is 0.444. The Morgan fingerprint density at radius 2 is 2.13 bits per heavy atom. The van der Waals surface area contributed by atoms with Gasteiger partial charge in [0.15, 0.2) is 0 Å². The van der Waals surface area contributed by atoms with Gasteiger partial charge in [0.2, 0.25) is 10.0 Å². The molecule has 0 fully saturated rings. The molecule has 8 nitrogen and oxygen atoms in total. The van der Waals surface area contributed by atoms with Gasteiger partial charge in [0.1, 0.15) is 21.7 Å². The van der Waals surface area contributed by atoms with Crippen molar-refractivity contribution in [2.45, 2.75) is 17.4 Å². The van der Waals surface area contributed by atoms with Crippen LogP contribution in [-0.4, -0.2) is 23.1 Å². The van der Waals surface area contributed by atoms with E-state index in [-0.39, 0.29) is 16.2 Å². The van der Waals surface area contributed by atoms with E-state index in [1.807, 2.05) is 0 Å². The molecule has 1 aromatic carbocycles. The molecule has 0 amide bonds. The smallest absolute Gasteiger partial charge is 0.243 e. The van der Waals surface area contributed by atoms with Gasteiger partial charge < -0.3 is 14.3 Å². The zero-order chi connectivity index (χ0) is 16.4. The molecule has 0 bridgehead atoms. The van der Waals surface area contributed by atoms with Gasteiger partial charge in [-0.1, -0.05) is 6.07 Å². The standard InChI is InChI=1S/C13H11N3O5S2/c17-12(18)7-9(10-4-2-6-21-10)16-23(19,20)11-5-1-3-8-13(11)15-22-14-8/h1-6,9,16H,7H2,(H,17,18)/p-1/t9-/m0/s1. The second kappa shape index (κ2) is 6.07. The van der Waals surface area contributed by atoms with Gasteiger partial charge in [0, 0.05) is 12.4 Å². The number of benzene rings is 1. The summed E-state index contributed by atoms with van der Waals surface area (Å²) >= 11 is 0.896. The maximum Gasteiger partial charge on any atom is 0.243 e. The summed E-state index contributed by atoms with van der Waals surface area (Å²) in [6.45, 7) is 0. The van der Waals surface area contributed by atoms with Crippen molar-refractivity contribution in [2.24, 2.45) is 0 Å². The SMILES string of the molecule is O=C([O-])C[C@H](NS(=O)(=O)c1cccc2nsnc12)c1ccco1. The van der Waals surface area contributed by atoms with Crippen LogP contribution in [-0.2, 0) is 14.8 Å². The largest absolute Gasteiger partial charge is 0.550 e. The zero-order valence-electron chi connectivity index (χ0n) is 11.5. The second-order valence-corrected chi connectivity index (χ2v) is 6.86. The van der Waals surface area contributed by atoms with E-state index in [4.69, 9.17) is 4.42 Å². The van der Waals surface area contributed by atoms with Crippen LogP contribution >= 0.6 is 11.7 Å². The Kier molecular flexibility index (Phi) is 4.11. The van der Waals surface area contributed by atoms with Crippen molar-refractivity contribution in [3.63, 3.8) is 0 Å². The lowest BCUT2D eigenvalue weighted by molar-refractivity contribution is -0.306. The van der Waals surface area contributed by atoms with Crippen LogP contribution in [0.4, 0.5) is 0 Å². The number of rotatable bonds is 6. The molecule has 3 aromatic rings. The molecule has 0 saturated heterocycles. The maximum absolute atomic E-state index is 12.6. The molecular formula is C13H10N3O5S2-. The molecule has 0 radical (unpaired) electrons. The first-order valence-electron chi connectivity index (χ1n) is 6.44. The summed E-state index contributed by atoms with van der Waals surface area (Å²) in [4.78, 5) is 10.8. The van der Waals surface area contributed by atoms with Crippen LogP contribution in [0.25, 0.3) is 11.0 Å². The number of nitrogens with one attached hydrogen (secondary N) is 1. The topological polar surface area (TPSA) is 125 Å². The van der Waals surface area contributed by atoms with E-state index in [0.29, 0.717) is 5.52 Å². The summed E-state index contributed by atoms with van der Waals surface area (Å²) in [5, 5.41) is 10.9. The number of sulfonamides is 1. The normalized spacial score (nSPS) is 13.2. The number of hydrogen-bond acceptors (Lipinski definition) is 8. The molecule has 0 aliphatic rings. The van der Waals surface area contributed by atoms with Gasteiger partial charge >= 0.3 is 0 Å². The summed E-state index contributed by atoms with van der Waals surface area (Å²) < 4.78 is 40.6. The van der Waals surface area contributed by atoms with Gasteiger partial charge in [-0.25, -0.2) is 13.1 Å². The molecule has 0 aliphatic carbocycles. The molecule has 2 heterocycles. The number of furan rings is 1. The Bertz CT molecular complexity index is 934. The van der Waals surface area contributed by atoms with Crippen molar-refractivity contribution in [2.75, 3.05) is 0 Å². The Balaban J connectivity index is 1.98. The Morgan fingerprint density at radius 1 is 1.30 bits per heavy atom. The fourth-order valence-corrected chi connectivity index (χ4v) is 4.08. The molecule has 3 rings (SSSR count). The first kappa shape index (κ1) is 15.6. The number of carbonyl (C=O) groups excluding carboxylic acids is 1. The number of hydrogen-bond donors (Lipinski definition) is 1. The lowest BCUT2D eigenvalue weighted by Crippen LogP contribution is -2.34. The molecule has 10 heteroatoms. The first-order valence-corrected chi connectivity index (χ1v) is 8.65. The number of fused-ring (bicyclic) bond motifs is 1. The number of carboxylic acid groups (broad SMARTS) is 1. The summed E-state index contributed by atoms with van der Waals surface area (Å²) in [5.41, 5.74) is 0.684. The number of carbonyl (C=O) groups is 1. The quantitative estimate of drug-likeness (QED) is 0.682. The van der Waals surface area contributed by atoms with Gasteiger partial charge in [-0.2, -0.15) is 8.75 Å². The van der Waals surface area contributed by atoms with E-state index in [2.05, 4.69) is 13.5 Å². The molecule has 120 valence electrons. The predicted molar refractivity (Wildman–Crippen MR) is 78.8 cm³/mol. The first-order chi connectivity index (χ1) is 11.0. The van der Waals surface area contributed by atoms with E-state index in [0.717, 1.165) is 11.7 Å². The summed E-state index contributed by atoms with van der Waals surface area (Å²) in [5.74, 6) is -1.22. The summed E-state index contributed by atoms with van der Waals surface area (Å²) in [7, 11) is -4.02. The Hall–Kier alpha value is -2.30. The van der Waals surface area contributed by atoms with E-state index in [1.165, 1.54) is 24.5 Å². The van der Waals surface area contributed by atoms with Gasteiger partial charge in [-0.15, -0.1) is 0 Å². The highest BCUT2D eigenvalue weighted by atomic mass is 32.2. The second-order valence-electron chi connectivity index (χ2n) is 4.65. The minimum absolute atomic E-state index is 0.0707. The number of nitrogens with zero attached hydrogens (tertiary/aromatic N) is 2. The van der Waals surface area contributed by atoms with Crippen LogP contribution in [0.5, 0.6) is 0 Å². The fourth-order valence-electron chi connectivity index (χ4n) is 2.11. The molecule has 1 N–H and O–H groups in total. The van der Waals surface area contributed by atoms with Crippen LogP contribution < -0.4 is 9.83 Å². The molecule has 0 spiro atoms. The van der Waals surface area contributed by atoms with E-state index >= 15 is 0 Å². The highest BCUT2D eigenvalue weighted by Gasteiger charge is 2.26. The maximum atomic E-state index is 12.6. The number of aromatic nitrogens is 2. The molecule has 0 aliphatic heterocycles. The van der Waals surface area contributed by atoms with Crippen molar-refractivity contribution in [3.8, 4) is 0 Å². The van der Waals surface area contributed by atoms with Crippen LogP contribution in [0.1, 0.15) is 18.2 Å². The highest BCUT2D eigenvalue weighted by Crippen LogP contribution is 2.24. The third-order valence-corrected chi connectivity index (χ3v) is 5.14. The van der Waals surface area contributed by atoms with E-state index in [9.17, 15) is 18.3 Å². The van der Waals surface area contributed by atoms with Crippen molar-refractivity contribution >= 4 is 38.8 Å². The molecule has 2 aromatic heterocycles. The molecule has 1 atom stereocenters. The molecular weight excluding hydrogens is 342 g/mol. The van der Waals surface area contributed by atoms with Crippen LogP contribution in [0.3, 0.4) is 0 Å². The van der Waals surface area contributed by atoms with Crippen molar-refractivity contribution in [3.05, 3.63) is 42.4 Å². The minimum Gasteiger partial charge on any atom is -0.550 e. The van der Waals surface area contributed by atoms with E-state index in [1.54, 1.807) is 12.1 Å². The van der Waals surface area contributed by atoms with Gasteiger partial charge in [0.05, 0.1) is 24.0 Å². The summed E-state index contributed by atoms with van der Waals surface area (Å²) in [6.07, 6.45) is 0.773. The van der Waals surface area contributed by atoms with Crippen LogP contribution in [0.2, 0.25) is 0 Å². The lowest BCUT2D eigenvalue weighted by atomic mass is 10.2. The van der Waals surface area contributed by atoms with Crippen molar-refractivity contribution in [1.82, 2.24) is 13.5 Å². The van der Waals surface area contributed by atoms with Crippen LogP contribution in [0.15, 0.2) is 45.9 Å². The molecule has 0 saturated carbocycles. The number of carboxylic acids is 1. The van der Waals surface area contributed by atoms with Crippen molar-refractivity contribution in [1.29, 1.82) is 0 Å². The Morgan fingerprint density at radius 3 is 2.83 bits per heavy atom. The van der Waals surface area contributed by atoms with Crippen molar-refractivity contribution < 1.29 is 22.7 Å². The highest BCUT2D eigenvalue weighted by molar-refractivity contribution is 7.89. The van der Waals surface area contributed by atoms with Gasteiger partial charge in [0.25, 0.3) is 0 Å². The monoisotopic (exact) mass is 352 g/mol. The lowest BCUT2D eigenvalue weighted by Gasteiger charge is -2.17. The van der Waals surface area contributed by atoms with Gasteiger partial charge in [-0.3, -0.25) is 0 Å². The zero-order valence-corrected chi connectivity index (χ0v) is 13.1. The minimum atomic E-state index is -4.02. The van der Waals surface area contributed by atoms with Gasteiger partial charge in [-0.05, 0) is 24.3 Å². The number of aliphatic carboxylic acids is 1. The molecule has 0 unspecified atom stereocenters. The van der Waals surface area contributed by atoms with E-state index < -0.39 is 28.5 Å². The average molecular weight is 352 g/mol.